The van der Waals surface area contributed by atoms with E-state index < -0.39 is 5.97 Å². The molecule has 1 saturated heterocycles. The number of ether oxygens (including phenoxy) is 2. The van der Waals surface area contributed by atoms with Crippen LogP contribution in [0.2, 0.25) is 5.02 Å². The van der Waals surface area contributed by atoms with Crippen molar-refractivity contribution < 1.29 is 14.3 Å². The number of anilines is 1. The molecule has 0 amide bonds. The number of carbonyl (C=O) groups is 1. The molecule has 0 aromatic heterocycles. The number of hydrogen-bond acceptors (Lipinski definition) is 4. The van der Waals surface area contributed by atoms with E-state index in [9.17, 15) is 4.79 Å². The highest BCUT2D eigenvalue weighted by Crippen LogP contribution is 2.23. The third-order valence-corrected chi connectivity index (χ3v) is 2.91. The predicted octanol–water partition coefficient (Wildman–Crippen LogP) is 2.33. The number of methoxy groups -OCH3 is 1. The van der Waals surface area contributed by atoms with Crippen LogP contribution in [-0.2, 0) is 9.47 Å². The van der Waals surface area contributed by atoms with Crippen LogP contribution in [0.4, 0.5) is 5.69 Å². The van der Waals surface area contributed by atoms with E-state index in [1.54, 1.807) is 18.2 Å². The van der Waals surface area contributed by atoms with Crippen LogP contribution in [0.25, 0.3) is 0 Å². The van der Waals surface area contributed by atoms with Crippen LogP contribution in [0.1, 0.15) is 16.8 Å². The van der Waals surface area contributed by atoms with E-state index in [1.807, 2.05) is 0 Å². The Labute approximate surface area is 105 Å². The molecule has 1 heterocycles. The Balaban J connectivity index is 2.22. The summed E-state index contributed by atoms with van der Waals surface area (Å²) in [4.78, 5) is 11.6. The van der Waals surface area contributed by atoms with Crippen molar-refractivity contribution in [1.82, 2.24) is 0 Å². The lowest BCUT2D eigenvalue weighted by molar-refractivity contribution is 0.0601. The van der Waals surface area contributed by atoms with Crippen LogP contribution < -0.4 is 5.32 Å². The zero-order chi connectivity index (χ0) is 12.3. The summed E-state index contributed by atoms with van der Waals surface area (Å²) in [6.07, 6.45) is 0.934. The Kier molecular flexibility index (Phi) is 3.86. The molecular formula is C12H14ClNO3. The van der Waals surface area contributed by atoms with Gasteiger partial charge in [-0.05, 0) is 24.6 Å². The standard InChI is InChI=1S/C12H14ClNO3/c1-16-12(15)10-6-8(13)2-3-11(10)14-9-4-5-17-7-9/h2-3,6,9,14H,4-5,7H2,1H3. The largest absolute Gasteiger partial charge is 0.465 e. The summed E-state index contributed by atoms with van der Waals surface area (Å²) in [6.45, 7) is 1.40. The van der Waals surface area contributed by atoms with Crippen LogP contribution in [0, 0.1) is 0 Å². The van der Waals surface area contributed by atoms with Crippen LogP contribution in [0.3, 0.4) is 0 Å². The second-order valence-corrected chi connectivity index (χ2v) is 4.32. The molecule has 1 aromatic carbocycles. The molecule has 0 spiro atoms. The lowest BCUT2D eigenvalue weighted by Crippen LogP contribution is -2.21. The molecule has 0 bridgehead atoms. The topological polar surface area (TPSA) is 47.6 Å². The van der Waals surface area contributed by atoms with Gasteiger partial charge < -0.3 is 14.8 Å². The van der Waals surface area contributed by atoms with E-state index in [1.165, 1.54) is 7.11 Å². The number of rotatable bonds is 3. The molecule has 1 fully saturated rings. The minimum atomic E-state index is -0.395. The molecule has 0 radical (unpaired) electrons. The van der Waals surface area contributed by atoms with Gasteiger partial charge in [0.2, 0.25) is 0 Å². The number of halogens is 1. The van der Waals surface area contributed by atoms with Gasteiger partial charge in [-0.15, -0.1) is 0 Å². The van der Waals surface area contributed by atoms with Crippen LogP contribution in [0.15, 0.2) is 18.2 Å². The average molecular weight is 256 g/mol. The van der Waals surface area contributed by atoms with Gasteiger partial charge >= 0.3 is 5.97 Å². The zero-order valence-electron chi connectivity index (χ0n) is 9.53. The molecule has 1 N–H and O–H groups in total. The minimum absolute atomic E-state index is 0.236. The Morgan fingerprint density at radius 1 is 1.59 bits per heavy atom. The van der Waals surface area contributed by atoms with E-state index in [2.05, 4.69) is 5.32 Å². The predicted molar refractivity (Wildman–Crippen MR) is 65.6 cm³/mol. The Bertz CT molecular complexity index is 416. The first-order valence-corrected chi connectivity index (χ1v) is 5.80. The fraction of sp³-hybridized carbons (Fsp3) is 0.417. The number of hydrogen-bond donors (Lipinski definition) is 1. The second kappa shape index (κ2) is 5.38. The van der Waals surface area contributed by atoms with E-state index in [0.717, 1.165) is 18.7 Å². The molecule has 2 rings (SSSR count). The quantitative estimate of drug-likeness (QED) is 0.842. The molecule has 1 unspecified atom stereocenters. The van der Waals surface area contributed by atoms with Gasteiger partial charge in [-0.3, -0.25) is 0 Å². The van der Waals surface area contributed by atoms with Crippen molar-refractivity contribution in [2.45, 2.75) is 12.5 Å². The third kappa shape index (κ3) is 2.90. The minimum Gasteiger partial charge on any atom is -0.465 e. The third-order valence-electron chi connectivity index (χ3n) is 2.68. The fourth-order valence-electron chi connectivity index (χ4n) is 1.79. The monoisotopic (exact) mass is 255 g/mol. The molecule has 5 heteroatoms. The highest BCUT2D eigenvalue weighted by molar-refractivity contribution is 6.31. The van der Waals surface area contributed by atoms with Crippen molar-refractivity contribution in [3.05, 3.63) is 28.8 Å². The molecule has 1 aromatic rings. The average Bonchev–Trinajstić information content (AvgIpc) is 2.83. The summed E-state index contributed by atoms with van der Waals surface area (Å²) in [6, 6.07) is 5.37. The van der Waals surface area contributed by atoms with Crippen molar-refractivity contribution >= 4 is 23.3 Å². The molecule has 92 valence electrons. The second-order valence-electron chi connectivity index (χ2n) is 3.89. The normalized spacial score (nSPS) is 19.1. The van der Waals surface area contributed by atoms with E-state index in [0.29, 0.717) is 17.2 Å². The lowest BCUT2D eigenvalue weighted by atomic mass is 10.1. The fourth-order valence-corrected chi connectivity index (χ4v) is 1.96. The number of esters is 1. The molecule has 1 atom stereocenters. The summed E-state index contributed by atoms with van der Waals surface area (Å²) in [5, 5.41) is 3.78. The first-order chi connectivity index (χ1) is 8.20. The summed E-state index contributed by atoms with van der Waals surface area (Å²) in [5.41, 5.74) is 1.18. The van der Waals surface area contributed by atoms with Gasteiger partial charge in [0.25, 0.3) is 0 Å². The first-order valence-electron chi connectivity index (χ1n) is 5.43. The smallest absolute Gasteiger partial charge is 0.340 e. The van der Waals surface area contributed by atoms with Crippen molar-refractivity contribution in [1.29, 1.82) is 0 Å². The van der Waals surface area contributed by atoms with Gasteiger partial charge in [-0.2, -0.15) is 0 Å². The van der Waals surface area contributed by atoms with Gasteiger partial charge in [-0.25, -0.2) is 4.79 Å². The SMILES string of the molecule is COC(=O)c1cc(Cl)ccc1NC1CCOC1. The Morgan fingerprint density at radius 3 is 3.06 bits per heavy atom. The van der Waals surface area contributed by atoms with Gasteiger partial charge in [-0.1, -0.05) is 11.6 Å². The molecule has 0 saturated carbocycles. The van der Waals surface area contributed by atoms with Gasteiger partial charge in [0.1, 0.15) is 0 Å². The van der Waals surface area contributed by atoms with Crippen LogP contribution in [0.5, 0.6) is 0 Å². The van der Waals surface area contributed by atoms with E-state index in [4.69, 9.17) is 21.1 Å². The molecular weight excluding hydrogens is 242 g/mol. The van der Waals surface area contributed by atoms with Crippen molar-refractivity contribution in [2.75, 3.05) is 25.6 Å². The van der Waals surface area contributed by atoms with Crippen molar-refractivity contribution in [3.8, 4) is 0 Å². The van der Waals surface area contributed by atoms with Gasteiger partial charge in [0.15, 0.2) is 0 Å². The number of nitrogens with one attached hydrogen (secondary N) is 1. The van der Waals surface area contributed by atoms with Gasteiger partial charge in [0.05, 0.1) is 25.3 Å². The van der Waals surface area contributed by atoms with Gasteiger partial charge in [0, 0.05) is 17.3 Å². The van der Waals surface area contributed by atoms with E-state index >= 15 is 0 Å². The highest BCUT2D eigenvalue weighted by Gasteiger charge is 2.19. The number of benzene rings is 1. The summed E-state index contributed by atoms with van der Waals surface area (Å²) in [7, 11) is 1.35. The molecule has 1 aliphatic rings. The molecule has 17 heavy (non-hydrogen) atoms. The van der Waals surface area contributed by atoms with Crippen molar-refractivity contribution in [3.63, 3.8) is 0 Å². The Hall–Kier alpha value is -1.26. The van der Waals surface area contributed by atoms with Crippen LogP contribution >= 0.6 is 11.6 Å². The molecule has 1 aliphatic heterocycles. The Morgan fingerprint density at radius 2 is 2.41 bits per heavy atom. The maximum atomic E-state index is 11.6. The summed E-state index contributed by atoms with van der Waals surface area (Å²) >= 11 is 5.87. The molecule has 4 nitrogen and oxygen atoms in total. The maximum absolute atomic E-state index is 11.6. The maximum Gasteiger partial charge on any atom is 0.340 e. The highest BCUT2D eigenvalue weighted by atomic mass is 35.5. The number of carbonyl (C=O) groups excluding carboxylic acids is 1. The van der Waals surface area contributed by atoms with Crippen LogP contribution in [-0.4, -0.2) is 32.3 Å². The summed E-state index contributed by atoms with van der Waals surface area (Å²) in [5.74, 6) is -0.395. The lowest BCUT2D eigenvalue weighted by Gasteiger charge is -2.15. The first kappa shape index (κ1) is 12.2. The summed E-state index contributed by atoms with van der Waals surface area (Å²) < 4.78 is 10.0. The molecule has 0 aliphatic carbocycles. The van der Waals surface area contributed by atoms with E-state index in [-0.39, 0.29) is 6.04 Å². The van der Waals surface area contributed by atoms with Crippen molar-refractivity contribution in [2.24, 2.45) is 0 Å². The zero-order valence-corrected chi connectivity index (χ0v) is 10.3.